The van der Waals surface area contributed by atoms with Crippen molar-refractivity contribution >= 4 is 107 Å². The van der Waals surface area contributed by atoms with Crippen LogP contribution in [0.2, 0.25) is 0 Å². The van der Waals surface area contributed by atoms with Crippen molar-refractivity contribution in [2.45, 2.75) is 0 Å². The molecule has 4 nitrogen and oxygen atoms in total. The Labute approximate surface area is 445 Å². The molecule has 354 valence electrons. The molecule has 11 aromatic carbocycles. The summed E-state index contributed by atoms with van der Waals surface area (Å²) in [4.78, 5) is 11.1. The van der Waals surface area contributed by atoms with Gasteiger partial charge >= 0.3 is 0 Å². The van der Waals surface area contributed by atoms with Crippen LogP contribution < -0.4 is 0 Å². The molecule has 76 heavy (non-hydrogen) atoms. The third-order valence-corrected chi connectivity index (χ3v) is 17.7. The van der Waals surface area contributed by atoms with Gasteiger partial charge in [-0.3, -0.25) is 4.57 Å². The summed E-state index contributed by atoms with van der Waals surface area (Å²) in [5.74, 6) is 0.615. The van der Waals surface area contributed by atoms with Crippen LogP contribution in [0, 0.1) is 0 Å². The predicted molar refractivity (Wildman–Crippen MR) is 324 cm³/mol. The normalized spacial score (nSPS) is 11.9. The van der Waals surface area contributed by atoms with Crippen molar-refractivity contribution < 1.29 is 0 Å². The number of thiophene rings is 2. The maximum atomic E-state index is 5.59. The van der Waals surface area contributed by atoms with Gasteiger partial charge < -0.3 is 4.57 Å². The molecule has 0 amide bonds. The predicted octanol–water partition coefficient (Wildman–Crippen LogP) is 19.7. The average Bonchev–Trinajstić information content (AvgIpc) is 4.28. The van der Waals surface area contributed by atoms with Crippen LogP contribution in [0.4, 0.5) is 0 Å². The number of para-hydroxylation sites is 2. The summed E-state index contributed by atoms with van der Waals surface area (Å²) < 4.78 is 9.91. The minimum Gasteiger partial charge on any atom is -0.309 e. The highest BCUT2D eigenvalue weighted by Crippen LogP contribution is 2.43. The quantitative estimate of drug-likeness (QED) is 0.159. The Hall–Kier alpha value is -9.46. The standard InChI is InChI=1S/C70H42N4S2/c1-2-15-43(16-3-1)50-19-4-5-20-51(50)61-42-60(71-70(72-61)74-63-26-11-7-22-53(63)57-39-45(30-34-65(57)74)47-32-36-69-59(41-47)55-24-9-13-28-67(55)76-69)48-17-14-18-49(37-48)73-62-25-10-6-21-52(62)56-38-44(29-33-64(56)73)46-31-35-68-58(40-46)54-23-8-12-27-66(54)75-68/h1-42H. The molecule has 0 saturated heterocycles. The molecule has 0 radical (unpaired) electrons. The first-order valence-corrected chi connectivity index (χ1v) is 27.3. The fraction of sp³-hybridized carbons (Fsp3) is 0. The van der Waals surface area contributed by atoms with Gasteiger partial charge in [0.25, 0.3) is 0 Å². The molecule has 5 aromatic heterocycles. The van der Waals surface area contributed by atoms with E-state index in [0.717, 1.165) is 72.2 Å². The lowest BCUT2D eigenvalue weighted by molar-refractivity contribution is 0.995. The van der Waals surface area contributed by atoms with Crippen molar-refractivity contribution in [3.63, 3.8) is 0 Å². The molecule has 5 heterocycles. The topological polar surface area (TPSA) is 35.6 Å². The van der Waals surface area contributed by atoms with Gasteiger partial charge in [-0.05, 0) is 124 Å². The van der Waals surface area contributed by atoms with Crippen LogP contribution >= 0.6 is 22.7 Å². The maximum Gasteiger partial charge on any atom is 0.235 e. The van der Waals surface area contributed by atoms with Gasteiger partial charge in [0.15, 0.2) is 0 Å². The Morgan fingerprint density at radius 2 is 0.697 bits per heavy atom. The van der Waals surface area contributed by atoms with E-state index in [1.165, 1.54) is 73.4 Å². The fourth-order valence-corrected chi connectivity index (χ4v) is 14.0. The summed E-state index contributed by atoms with van der Waals surface area (Å²) in [6.07, 6.45) is 0. The molecule has 0 aliphatic heterocycles. The summed E-state index contributed by atoms with van der Waals surface area (Å²) in [6, 6.07) is 92.8. The van der Waals surface area contributed by atoms with Crippen molar-refractivity contribution in [3.05, 3.63) is 255 Å². The third kappa shape index (κ3) is 6.81. The third-order valence-electron chi connectivity index (χ3n) is 15.4. The molecular weight excluding hydrogens is 961 g/mol. The lowest BCUT2D eigenvalue weighted by Gasteiger charge is -2.15. The Kier molecular flexibility index (Phi) is 9.64. The number of hydrogen-bond acceptors (Lipinski definition) is 4. The Bertz CT molecular complexity index is 5010. The smallest absolute Gasteiger partial charge is 0.235 e. The Morgan fingerprint density at radius 3 is 1.33 bits per heavy atom. The lowest BCUT2D eigenvalue weighted by Crippen LogP contribution is -2.04. The summed E-state index contributed by atoms with van der Waals surface area (Å²) >= 11 is 3.71. The van der Waals surface area contributed by atoms with Gasteiger partial charge in [0.1, 0.15) is 0 Å². The number of rotatable bonds is 7. The van der Waals surface area contributed by atoms with E-state index in [-0.39, 0.29) is 0 Å². The van der Waals surface area contributed by atoms with Crippen LogP contribution in [-0.2, 0) is 0 Å². The molecular formula is C70H42N4S2. The number of nitrogens with zero attached hydrogens (tertiary/aromatic N) is 4. The second kappa shape index (κ2) is 17.0. The van der Waals surface area contributed by atoms with Crippen LogP contribution in [0.15, 0.2) is 255 Å². The molecule has 0 atom stereocenters. The number of fused-ring (bicyclic) bond motifs is 12. The van der Waals surface area contributed by atoms with Crippen LogP contribution in [-0.4, -0.2) is 19.1 Å². The van der Waals surface area contributed by atoms with Gasteiger partial charge in [0.05, 0.1) is 33.5 Å². The van der Waals surface area contributed by atoms with Crippen LogP contribution in [0.5, 0.6) is 0 Å². The van der Waals surface area contributed by atoms with Gasteiger partial charge in [-0.25, -0.2) is 9.97 Å². The van der Waals surface area contributed by atoms with Gasteiger partial charge in [0, 0.05) is 78.7 Å². The van der Waals surface area contributed by atoms with E-state index < -0.39 is 0 Å². The van der Waals surface area contributed by atoms with E-state index in [0.29, 0.717) is 5.95 Å². The zero-order chi connectivity index (χ0) is 49.8. The van der Waals surface area contributed by atoms with Gasteiger partial charge in [-0.15, -0.1) is 22.7 Å². The monoisotopic (exact) mass is 1000 g/mol. The first kappa shape index (κ1) is 43.0. The van der Waals surface area contributed by atoms with Crippen molar-refractivity contribution in [2.24, 2.45) is 0 Å². The minimum atomic E-state index is 0.615. The second-order valence-electron chi connectivity index (χ2n) is 19.7. The zero-order valence-corrected chi connectivity index (χ0v) is 42.5. The second-order valence-corrected chi connectivity index (χ2v) is 21.9. The van der Waals surface area contributed by atoms with E-state index in [2.05, 4.69) is 264 Å². The van der Waals surface area contributed by atoms with Crippen molar-refractivity contribution in [3.8, 4) is 67.5 Å². The minimum absolute atomic E-state index is 0.615. The summed E-state index contributed by atoms with van der Waals surface area (Å²) in [5, 5.41) is 9.95. The highest BCUT2D eigenvalue weighted by molar-refractivity contribution is 7.26. The highest BCUT2D eigenvalue weighted by atomic mass is 32.1. The van der Waals surface area contributed by atoms with E-state index in [1.807, 2.05) is 22.7 Å². The molecule has 16 rings (SSSR count). The van der Waals surface area contributed by atoms with Gasteiger partial charge in [0.2, 0.25) is 5.95 Å². The van der Waals surface area contributed by atoms with E-state index in [9.17, 15) is 0 Å². The largest absolute Gasteiger partial charge is 0.309 e. The van der Waals surface area contributed by atoms with E-state index >= 15 is 0 Å². The van der Waals surface area contributed by atoms with Gasteiger partial charge in [-0.2, -0.15) is 0 Å². The Balaban J connectivity index is 0.867. The van der Waals surface area contributed by atoms with Crippen LogP contribution in [0.3, 0.4) is 0 Å². The van der Waals surface area contributed by atoms with E-state index in [1.54, 1.807) is 0 Å². The Morgan fingerprint density at radius 1 is 0.250 bits per heavy atom. The number of hydrogen-bond donors (Lipinski definition) is 0. The summed E-state index contributed by atoms with van der Waals surface area (Å²) in [6.45, 7) is 0. The SMILES string of the molecule is c1ccc(-c2ccccc2-c2cc(-c3cccc(-n4c5ccccc5c5cc(-c6ccc7sc8ccccc8c7c6)ccc54)c3)nc(-n3c4ccccc4c4cc(-c5ccc6sc7ccccc7c6c5)ccc43)n2)cc1. The molecule has 6 heteroatoms. The van der Waals surface area contributed by atoms with Crippen LogP contribution in [0.25, 0.3) is 151 Å². The molecule has 16 aromatic rings. The van der Waals surface area contributed by atoms with Crippen molar-refractivity contribution in [2.75, 3.05) is 0 Å². The molecule has 0 N–H and O–H groups in total. The first-order chi connectivity index (χ1) is 37.6. The molecule has 0 fully saturated rings. The molecule has 0 saturated carbocycles. The average molecular weight is 1000 g/mol. The van der Waals surface area contributed by atoms with Crippen LogP contribution in [0.1, 0.15) is 0 Å². The van der Waals surface area contributed by atoms with E-state index in [4.69, 9.17) is 9.97 Å². The molecule has 0 aliphatic rings. The summed E-state index contributed by atoms with van der Waals surface area (Å²) in [7, 11) is 0. The number of benzene rings is 11. The first-order valence-electron chi connectivity index (χ1n) is 25.7. The lowest BCUT2D eigenvalue weighted by atomic mass is 9.97. The zero-order valence-electron chi connectivity index (χ0n) is 40.9. The molecule has 0 aliphatic carbocycles. The van der Waals surface area contributed by atoms with Crippen molar-refractivity contribution in [1.29, 1.82) is 0 Å². The molecule has 0 spiro atoms. The van der Waals surface area contributed by atoms with Gasteiger partial charge in [-0.1, -0.05) is 164 Å². The van der Waals surface area contributed by atoms with Crippen molar-refractivity contribution in [1.82, 2.24) is 19.1 Å². The summed E-state index contributed by atoms with van der Waals surface area (Å²) in [5.41, 5.74) is 16.2. The number of aromatic nitrogens is 4. The molecule has 0 bridgehead atoms. The highest BCUT2D eigenvalue weighted by Gasteiger charge is 2.21. The maximum absolute atomic E-state index is 5.59. The molecule has 0 unspecified atom stereocenters. The fourth-order valence-electron chi connectivity index (χ4n) is 11.8.